The lowest BCUT2D eigenvalue weighted by molar-refractivity contribution is -0.140. The van der Waals surface area contributed by atoms with Crippen LogP contribution in [-0.2, 0) is 29.2 Å². The van der Waals surface area contributed by atoms with Crippen LogP contribution in [0, 0.1) is 0 Å². The summed E-state index contributed by atoms with van der Waals surface area (Å²) in [6.45, 7) is 0.677. The minimum Gasteiger partial charge on any atom is -0.489 e. The third-order valence-electron chi connectivity index (χ3n) is 6.01. The van der Waals surface area contributed by atoms with Gasteiger partial charge in [0.05, 0.1) is 12.1 Å². The van der Waals surface area contributed by atoms with Gasteiger partial charge in [-0.1, -0.05) is 66.7 Å². The van der Waals surface area contributed by atoms with Crippen molar-refractivity contribution in [3.63, 3.8) is 0 Å². The van der Waals surface area contributed by atoms with E-state index < -0.39 is 18.1 Å². The van der Waals surface area contributed by atoms with Gasteiger partial charge < -0.3 is 14.7 Å². The second-order valence-corrected chi connectivity index (χ2v) is 8.39. The molecule has 1 aliphatic carbocycles. The van der Waals surface area contributed by atoms with Crippen molar-refractivity contribution in [3.05, 3.63) is 101 Å². The summed E-state index contributed by atoms with van der Waals surface area (Å²) in [4.78, 5) is 26.4. The highest BCUT2D eigenvalue weighted by Crippen LogP contribution is 2.37. The van der Waals surface area contributed by atoms with Crippen molar-refractivity contribution in [1.29, 1.82) is 0 Å². The average Bonchev–Trinajstić information content (AvgIpc) is 3.20. The molecule has 0 heterocycles. The Morgan fingerprint density at radius 1 is 0.941 bits per heavy atom. The number of rotatable bonds is 9. The molecule has 3 aromatic rings. The van der Waals surface area contributed by atoms with Gasteiger partial charge in [-0.15, -0.1) is 0 Å². The van der Waals surface area contributed by atoms with Crippen LogP contribution in [0.1, 0.15) is 41.1 Å². The summed E-state index contributed by atoms with van der Waals surface area (Å²) in [7, 11) is 0. The monoisotopic (exact) mass is 460 g/mol. The molecule has 7 nitrogen and oxygen atoms in total. The highest BCUT2D eigenvalue weighted by atomic mass is 16.5. The van der Waals surface area contributed by atoms with Crippen LogP contribution >= 0.6 is 0 Å². The number of fused-ring (bicyclic) bond motifs is 1. The summed E-state index contributed by atoms with van der Waals surface area (Å²) in [5.41, 5.74) is 5.38. The zero-order valence-electron chi connectivity index (χ0n) is 18.8. The molecule has 34 heavy (non-hydrogen) atoms. The van der Waals surface area contributed by atoms with Crippen LogP contribution in [0.2, 0.25) is 0 Å². The van der Waals surface area contributed by atoms with Crippen molar-refractivity contribution in [1.82, 2.24) is 10.4 Å². The summed E-state index contributed by atoms with van der Waals surface area (Å²) >= 11 is 0. The van der Waals surface area contributed by atoms with Gasteiger partial charge in [-0.25, -0.2) is 5.48 Å². The topological polar surface area (TPSA) is 99.1 Å². The first kappa shape index (κ1) is 23.5. The van der Waals surface area contributed by atoms with Crippen molar-refractivity contribution in [2.24, 2.45) is 0 Å². The van der Waals surface area contributed by atoms with E-state index in [0.29, 0.717) is 18.8 Å². The van der Waals surface area contributed by atoms with Crippen LogP contribution in [0.4, 0.5) is 0 Å². The van der Waals surface area contributed by atoms with Crippen LogP contribution in [0.5, 0.6) is 5.75 Å². The zero-order valence-corrected chi connectivity index (χ0v) is 18.8. The first-order valence-corrected chi connectivity index (χ1v) is 11.3. The highest BCUT2D eigenvalue weighted by Gasteiger charge is 2.37. The Kier molecular flexibility index (Phi) is 7.57. The lowest BCUT2D eigenvalue weighted by Crippen LogP contribution is -2.39. The quantitative estimate of drug-likeness (QED) is 0.335. The summed E-state index contributed by atoms with van der Waals surface area (Å²) in [5.74, 6) is -0.224. The number of nitrogens with one attached hydrogen (secondary N) is 1. The highest BCUT2D eigenvalue weighted by molar-refractivity contribution is 5.83. The smallest absolute Gasteiger partial charge is 0.243 e. The molecule has 0 aromatic heterocycles. The maximum absolute atomic E-state index is 13.2. The number of hydrogen-bond donors (Lipinski definition) is 3. The first-order chi connectivity index (χ1) is 16.5. The molecular formula is C27H28N2O5. The lowest BCUT2D eigenvalue weighted by Gasteiger charge is -2.32. The molecule has 0 fully saturated rings. The van der Waals surface area contributed by atoms with E-state index in [9.17, 15) is 14.7 Å². The number of amides is 2. The summed E-state index contributed by atoms with van der Waals surface area (Å²) in [6, 6.07) is 24.6. The van der Waals surface area contributed by atoms with E-state index in [2.05, 4.69) is 0 Å². The largest absolute Gasteiger partial charge is 0.489 e. The standard InChI is InChI=1S/C27H28N2O5/c30-24-16-21-10-4-5-12-23(21)27(24)29(26(32)14-13-25(31)28-33)17-20-9-6-11-22(15-20)34-18-19-7-2-1-3-8-19/h1-12,15,24,27,30,33H,13-14,16-18H2,(H,28,31)/t24-,27+/m1/s1. The third-order valence-corrected chi connectivity index (χ3v) is 6.01. The molecule has 0 saturated carbocycles. The molecule has 0 unspecified atom stereocenters. The molecule has 0 spiro atoms. The molecule has 1 aliphatic rings. The molecule has 176 valence electrons. The molecule has 0 saturated heterocycles. The fourth-order valence-corrected chi connectivity index (χ4v) is 4.36. The Hall–Kier alpha value is -3.68. The molecule has 0 radical (unpaired) electrons. The van der Waals surface area contributed by atoms with E-state index in [1.165, 1.54) is 0 Å². The summed E-state index contributed by atoms with van der Waals surface area (Å²) in [5, 5.41) is 19.6. The van der Waals surface area contributed by atoms with Gasteiger partial charge in [-0.3, -0.25) is 14.8 Å². The van der Waals surface area contributed by atoms with Gasteiger partial charge in [0, 0.05) is 25.8 Å². The molecular weight excluding hydrogens is 432 g/mol. The number of aliphatic hydroxyl groups is 1. The van der Waals surface area contributed by atoms with Crippen molar-refractivity contribution in [3.8, 4) is 5.75 Å². The SMILES string of the molecule is O=C(CCC(=O)N(Cc1cccc(OCc2ccccc2)c1)[C@H]1c2ccccc2C[C@H]1O)NO. The molecule has 0 bridgehead atoms. The van der Waals surface area contributed by atoms with Gasteiger partial charge in [-0.05, 0) is 34.4 Å². The molecule has 4 rings (SSSR count). The summed E-state index contributed by atoms with van der Waals surface area (Å²) < 4.78 is 5.94. The van der Waals surface area contributed by atoms with Crippen LogP contribution in [-0.4, -0.2) is 33.1 Å². The number of nitrogens with zero attached hydrogens (tertiary/aromatic N) is 1. The van der Waals surface area contributed by atoms with Gasteiger partial charge >= 0.3 is 0 Å². The van der Waals surface area contributed by atoms with Crippen LogP contribution in [0.15, 0.2) is 78.9 Å². The Morgan fingerprint density at radius 2 is 1.68 bits per heavy atom. The predicted octanol–water partition coefficient (Wildman–Crippen LogP) is 3.54. The minimum absolute atomic E-state index is 0.0814. The Bertz CT molecular complexity index is 1130. The van der Waals surface area contributed by atoms with E-state index in [4.69, 9.17) is 9.94 Å². The number of benzene rings is 3. The average molecular weight is 461 g/mol. The number of aliphatic hydroxyl groups excluding tert-OH is 1. The first-order valence-electron chi connectivity index (χ1n) is 11.3. The van der Waals surface area contributed by atoms with E-state index in [-0.39, 0.29) is 25.3 Å². The van der Waals surface area contributed by atoms with Gasteiger partial charge in [0.15, 0.2) is 0 Å². The maximum atomic E-state index is 13.2. The minimum atomic E-state index is -0.745. The number of carbonyl (C=O) groups excluding carboxylic acids is 2. The molecule has 2 amide bonds. The van der Waals surface area contributed by atoms with E-state index in [1.807, 2.05) is 78.9 Å². The third kappa shape index (κ3) is 5.62. The number of carbonyl (C=O) groups is 2. The second kappa shape index (κ2) is 11.0. The van der Waals surface area contributed by atoms with E-state index in [1.54, 1.807) is 10.4 Å². The fourth-order valence-electron chi connectivity index (χ4n) is 4.36. The van der Waals surface area contributed by atoms with Crippen molar-refractivity contribution >= 4 is 11.8 Å². The zero-order chi connectivity index (χ0) is 23.9. The van der Waals surface area contributed by atoms with Gasteiger partial charge in [0.1, 0.15) is 12.4 Å². The predicted molar refractivity (Wildman–Crippen MR) is 126 cm³/mol. The van der Waals surface area contributed by atoms with Gasteiger partial charge in [0.2, 0.25) is 11.8 Å². The molecule has 3 aromatic carbocycles. The molecule has 0 aliphatic heterocycles. The van der Waals surface area contributed by atoms with Crippen molar-refractivity contribution in [2.45, 2.75) is 44.6 Å². The second-order valence-electron chi connectivity index (χ2n) is 8.39. The van der Waals surface area contributed by atoms with Crippen LogP contribution in [0.25, 0.3) is 0 Å². The number of hydrogen-bond acceptors (Lipinski definition) is 5. The maximum Gasteiger partial charge on any atom is 0.243 e. The van der Waals surface area contributed by atoms with Crippen LogP contribution < -0.4 is 10.2 Å². The van der Waals surface area contributed by atoms with Gasteiger partial charge in [-0.2, -0.15) is 0 Å². The van der Waals surface area contributed by atoms with Crippen molar-refractivity contribution < 1.29 is 24.6 Å². The van der Waals surface area contributed by atoms with Crippen molar-refractivity contribution in [2.75, 3.05) is 0 Å². The van der Waals surface area contributed by atoms with Gasteiger partial charge in [0.25, 0.3) is 0 Å². The molecule has 3 N–H and O–H groups in total. The Labute approximate surface area is 198 Å². The molecule has 2 atom stereocenters. The Balaban J connectivity index is 1.55. The number of hydroxylamine groups is 1. The lowest BCUT2D eigenvalue weighted by atomic mass is 10.0. The number of ether oxygens (including phenoxy) is 1. The normalized spacial score (nSPS) is 16.5. The van der Waals surface area contributed by atoms with E-state index >= 15 is 0 Å². The Morgan fingerprint density at radius 3 is 2.47 bits per heavy atom. The van der Waals surface area contributed by atoms with E-state index in [0.717, 1.165) is 22.3 Å². The fraction of sp³-hybridized carbons (Fsp3) is 0.259. The van der Waals surface area contributed by atoms with Crippen LogP contribution in [0.3, 0.4) is 0 Å². The molecule has 7 heteroatoms. The summed E-state index contributed by atoms with van der Waals surface area (Å²) in [6.07, 6.45) is -0.508.